The van der Waals surface area contributed by atoms with E-state index in [9.17, 15) is 18.0 Å². The largest absolute Gasteiger partial charge is 0.493 e. The van der Waals surface area contributed by atoms with Gasteiger partial charge in [0, 0.05) is 49.5 Å². The van der Waals surface area contributed by atoms with Gasteiger partial charge in [0.2, 0.25) is 0 Å². The summed E-state index contributed by atoms with van der Waals surface area (Å²) >= 11 is 0. The number of nitrogens with one attached hydrogen (secondary N) is 2. The first-order valence-corrected chi connectivity index (χ1v) is 15.0. The number of amides is 2. The fraction of sp³-hybridized carbons (Fsp3) is 0.412. The molecule has 3 aromatic rings. The maximum Gasteiger partial charge on any atom is 0.490 e. The Hall–Kier alpha value is -4.45. The van der Waals surface area contributed by atoms with Crippen LogP contribution in [0, 0.1) is 0 Å². The van der Waals surface area contributed by atoms with Gasteiger partial charge >= 0.3 is 18.2 Å². The Bertz CT molecular complexity index is 1470. The van der Waals surface area contributed by atoms with Crippen molar-refractivity contribution in [3.05, 3.63) is 83.9 Å². The number of carboxylic acids is 1. The SMILES string of the molecule is COc1ccc([C@@]23CC[C@@H](NC(=O)Nc4ccc(N(C)C)cc4)C[C@@H]2N(Cc2ccccc2)CC3)cc1OC.O=C(O)C(F)(F)F. The highest BCUT2D eigenvalue weighted by Crippen LogP contribution is 2.50. The second-order valence-electron chi connectivity index (χ2n) is 11.8. The van der Waals surface area contributed by atoms with Crippen molar-refractivity contribution in [2.45, 2.75) is 55.9 Å². The number of nitrogens with zero attached hydrogens (tertiary/aromatic N) is 2. The van der Waals surface area contributed by atoms with E-state index in [1.165, 1.54) is 11.1 Å². The Labute approximate surface area is 267 Å². The average molecular weight is 643 g/mol. The summed E-state index contributed by atoms with van der Waals surface area (Å²) in [5, 5.41) is 13.4. The molecule has 0 radical (unpaired) electrons. The molecule has 1 saturated carbocycles. The third-order valence-corrected chi connectivity index (χ3v) is 8.78. The Balaban J connectivity index is 0.000000617. The van der Waals surface area contributed by atoms with Gasteiger partial charge in [0.25, 0.3) is 0 Å². The van der Waals surface area contributed by atoms with Crippen molar-refractivity contribution in [3.63, 3.8) is 0 Å². The summed E-state index contributed by atoms with van der Waals surface area (Å²) in [5.74, 6) is -1.24. The molecule has 1 saturated heterocycles. The van der Waals surface area contributed by atoms with E-state index >= 15 is 0 Å². The molecule has 2 amide bonds. The molecule has 46 heavy (non-hydrogen) atoms. The van der Waals surface area contributed by atoms with Gasteiger partial charge in [0.15, 0.2) is 11.5 Å². The molecule has 1 heterocycles. The molecule has 2 aliphatic rings. The number of anilines is 2. The first-order chi connectivity index (χ1) is 21.9. The van der Waals surface area contributed by atoms with E-state index in [4.69, 9.17) is 19.4 Å². The number of carbonyl (C=O) groups excluding carboxylic acids is 1. The molecule has 1 aliphatic heterocycles. The van der Waals surface area contributed by atoms with Crippen LogP contribution in [0.4, 0.5) is 29.3 Å². The smallest absolute Gasteiger partial charge is 0.490 e. The standard InChI is InChI=1S/C32H40N4O3.C2HF3O2/c1-35(2)27-13-11-25(12-14-27)33-31(37)34-26-16-17-32(24-10-15-28(38-3)29(20-24)39-4)18-19-36(30(32)21-26)22-23-8-6-5-7-9-23;3-2(4,5)1(6)7/h5-15,20,26,30H,16-19,21-22H2,1-4H3,(H2,33,34,37);(H,6,7)/t26-,30+,32+;/m1./s1. The molecule has 0 unspecified atom stereocenters. The molecular weight excluding hydrogens is 601 g/mol. The van der Waals surface area contributed by atoms with Crippen LogP contribution in [0.25, 0.3) is 0 Å². The molecule has 12 heteroatoms. The molecule has 3 N–H and O–H groups in total. The van der Waals surface area contributed by atoms with Crippen LogP contribution in [0.2, 0.25) is 0 Å². The molecular formula is C34H41F3N4O5. The summed E-state index contributed by atoms with van der Waals surface area (Å²) in [6.45, 7) is 1.92. The van der Waals surface area contributed by atoms with Crippen molar-refractivity contribution < 1.29 is 37.3 Å². The lowest BCUT2D eigenvalue weighted by Gasteiger charge is -2.45. The van der Waals surface area contributed by atoms with Gasteiger partial charge < -0.3 is 30.1 Å². The van der Waals surface area contributed by atoms with Gasteiger partial charge in [-0.05, 0) is 79.8 Å². The van der Waals surface area contributed by atoms with Gasteiger partial charge in [0.1, 0.15) is 0 Å². The summed E-state index contributed by atoms with van der Waals surface area (Å²) in [6.07, 6.45) is -1.18. The summed E-state index contributed by atoms with van der Waals surface area (Å²) in [4.78, 5) is 26.5. The second-order valence-corrected chi connectivity index (χ2v) is 11.8. The van der Waals surface area contributed by atoms with Crippen LogP contribution in [0.15, 0.2) is 72.8 Å². The minimum absolute atomic E-state index is 0.00496. The predicted octanol–water partition coefficient (Wildman–Crippen LogP) is 6.29. The third-order valence-electron chi connectivity index (χ3n) is 8.78. The van der Waals surface area contributed by atoms with E-state index in [1.54, 1.807) is 14.2 Å². The number of hydrogen-bond donors (Lipinski definition) is 3. The van der Waals surface area contributed by atoms with E-state index < -0.39 is 12.1 Å². The summed E-state index contributed by atoms with van der Waals surface area (Å²) in [6, 6.07) is 25.2. The number of fused-ring (bicyclic) bond motifs is 1. The van der Waals surface area contributed by atoms with E-state index in [-0.39, 0.29) is 17.5 Å². The topological polar surface area (TPSA) is 103 Å². The van der Waals surface area contributed by atoms with Gasteiger partial charge in [-0.25, -0.2) is 9.59 Å². The van der Waals surface area contributed by atoms with Crippen LogP contribution in [-0.4, -0.2) is 75.1 Å². The van der Waals surface area contributed by atoms with Gasteiger partial charge in [-0.2, -0.15) is 13.2 Å². The number of rotatable bonds is 8. The lowest BCUT2D eigenvalue weighted by Crippen LogP contribution is -2.52. The zero-order valence-corrected chi connectivity index (χ0v) is 26.4. The molecule has 248 valence electrons. The molecule has 1 aliphatic carbocycles. The molecule has 0 bridgehead atoms. The Morgan fingerprint density at radius 3 is 2.22 bits per heavy atom. The first-order valence-electron chi connectivity index (χ1n) is 15.0. The number of hydrogen-bond acceptors (Lipinski definition) is 6. The number of urea groups is 1. The van der Waals surface area contributed by atoms with E-state index in [1.807, 2.05) is 49.3 Å². The van der Waals surface area contributed by atoms with Crippen molar-refractivity contribution in [2.24, 2.45) is 0 Å². The van der Waals surface area contributed by atoms with Gasteiger partial charge in [-0.3, -0.25) is 4.90 Å². The van der Waals surface area contributed by atoms with Crippen LogP contribution in [-0.2, 0) is 16.8 Å². The second kappa shape index (κ2) is 14.8. The maximum absolute atomic E-state index is 13.0. The Kier molecular flexibility index (Phi) is 11.0. The lowest BCUT2D eigenvalue weighted by molar-refractivity contribution is -0.192. The summed E-state index contributed by atoms with van der Waals surface area (Å²) in [5.41, 5.74) is 4.50. The van der Waals surface area contributed by atoms with Gasteiger partial charge in [-0.1, -0.05) is 36.4 Å². The number of halogens is 3. The van der Waals surface area contributed by atoms with Crippen LogP contribution in [0.3, 0.4) is 0 Å². The first kappa shape index (κ1) is 34.4. The van der Waals surface area contributed by atoms with Crippen LogP contribution < -0.4 is 25.0 Å². The van der Waals surface area contributed by atoms with Crippen LogP contribution >= 0.6 is 0 Å². The Morgan fingerprint density at radius 1 is 0.978 bits per heavy atom. The molecule has 0 spiro atoms. The fourth-order valence-corrected chi connectivity index (χ4v) is 6.46. The minimum atomic E-state index is -5.08. The number of aliphatic carboxylic acids is 1. The fourth-order valence-electron chi connectivity index (χ4n) is 6.46. The number of benzene rings is 3. The number of methoxy groups -OCH3 is 2. The number of likely N-dealkylation sites (tertiary alicyclic amines) is 1. The van der Waals surface area contributed by atoms with E-state index in [0.717, 1.165) is 61.6 Å². The molecule has 5 rings (SSSR count). The summed E-state index contributed by atoms with van der Waals surface area (Å²) in [7, 11) is 7.38. The highest BCUT2D eigenvalue weighted by Gasteiger charge is 2.51. The van der Waals surface area contributed by atoms with Crippen molar-refractivity contribution in [1.82, 2.24) is 10.2 Å². The van der Waals surface area contributed by atoms with Gasteiger partial charge in [-0.15, -0.1) is 0 Å². The normalized spacial score (nSPS) is 20.8. The van der Waals surface area contributed by atoms with E-state index in [0.29, 0.717) is 6.04 Å². The summed E-state index contributed by atoms with van der Waals surface area (Å²) < 4.78 is 42.9. The van der Waals surface area contributed by atoms with Crippen molar-refractivity contribution in [2.75, 3.05) is 45.1 Å². The van der Waals surface area contributed by atoms with Crippen LogP contribution in [0.1, 0.15) is 36.8 Å². The predicted molar refractivity (Wildman–Crippen MR) is 171 cm³/mol. The molecule has 0 aromatic heterocycles. The lowest BCUT2D eigenvalue weighted by atomic mass is 9.65. The number of carboxylic acid groups (broad SMARTS) is 1. The highest BCUT2D eigenvalue weighted by molar-refractivity contribution is 5.89. The Morgan fingerprint density at radius 2 is 1.63 bits per heavy atom. The maximum atomic E-state index is 13.0. The molecule has 3 atom stereocenters. The molecule has 3 aromatic carbocycles. The quantitative estimate of drug-likeness (QED) is 0.266. The monoisotopic (exact) mass is 642 g/mol. The van der Waals surface area contributed by atoms with Crippen molar-refractivity contribution >= 4 is 23.4 Å². The minimum Gasteiger partial charge on any atom is -0.493 e. The number of carbonyl (C=O) groups is 2. The van der Waals surface area contributed by atoms with E-state index in [2.05, 4.69) is 58.0 Å². The average Bonchev–Trinajstić information content (AvgIpc) is 3.39. The van der Waals surface area contributed by atoms with Gasteiger partial charge in [0.05, 0.1) is 14.2 Å². The van der Waals surface area contributed by atoms with Crippen molar-refractivity contribution in [3.8, 4) is 11.5 Å². The third kappa shape index (κ3) is 8.22. The number of ether oxygens (including phenoxy) is 2. The molecule has 2 fully saturated rings. The zero-order valence-electron chi connectivity index (χ0n) is 26.4. The van der Waals surface area contributed by atoms with Crippen LogP contribution in [0.5, 0.6) is 11.5 Å². The molecule has 9 nitrogen and oxygen atoms in total. The number of alkyl halides is 3. The highest BCUT2D eigenvalue weighted by atomic mass is 19.4. The van der Waals surface area contributed by atoms with Crippen molar-refractivity contribution in [1.29, 1.82) is 0 Å². The zero-order chi connectivity index (χ0) is 33.5.